The van der Waals surface area contributed by atoms with Gasteiger partial charge in [-0.15, -0.1) is 0 Å². The van der Waals surface area contributed by atoms with Gasteiger partial charge < -0.3 is 14.6 Å². The third kappa shape index (κ3) is 4.20. The van der Waals surface area contributed by atoms with Crippen LogP contribution in [0.25, 0.3) is 11.0 Å². The van der Waals surface area contributed by atoms with Gasteiger partial charge in [-0.05, 0) is 57.7 Å². The van der Waals surface area contributed by atoms with Crippen molar-refractivity contribution >= 4 is 28.7 Å². The van der Waals surface area contributed by atoms with E-state index in [0.29, 0.717) is 10.9 Å². The number of piperidine rings is 1. The summed E-state index contributed by atoms with van der Waals surface area (Å²) in [4.78, 5) is 21.9. The summed E-state index contributed by atoms with van der Waals surface area (Å²) in [5.41, 5.74) is 1.48. The molecule has 1 N–H and O–H groups in total. The van der Waals surface area contributed by atoms with E-state index >= 15 is 0 Å². The molecule has 1 aliphatic rings. The van der Waals surface area contributed by atoms with Gasteiger partial charge in [0.2, 0.25) is 0 Å². The van der Waals surface area contributed by atoms with E-state index in [9.17, 15) is 4.79 Å². The first kappa shape index (κ1) is 17.1. The zero-order valence-corrected chi connectivity index (χ0v) is 15.2. The van der Waals surface area contributed by atoms with Crippen LogP contribution in [0.4, 0.5) is 4.79 Å². The van der Waals surface area contributed by atoms with Gasteiger partial charge in [0.05, 0.1) is 11.0 Å². The number of nitrogens with zero attached hydrogens (tertiary/aromatic N) is 2. The molecule has 0 spiro atoms. The molecule has 0 aliphatic carbocycles. The van der Waals surface area contributed by atoms with Gasteiger partial charge in [0.25, 0.3) is 0 Å². The Morgan fingerprint density at radius 1 is 1.38 bits per heavy atom. The van der Waals surface area contributed by atoms with Crippen molar-refractivity contribution in [2.24, 2.45) is 5.92 Å². The third-order valence-corrected chi connectivity index (χ3v) is 4.48. The Hall–Kier alpha value is -1.75. The number of fused-ring (bicyclic) bond motifs is 1. The summed E-state index contributed by atoms with van der Waals surface area (Å²) in [6.45, 7) is 7.17. The number of ether oxygens (including phenoxy) is 1. The lowest BCUT2D eigenvalue weighted by molar-refractivity contribution is 0.0184. The van der Waals surface area contributed by atoms with Gasteiger partial charge in [0.1, 0.15) is 11.4 Å². The highest BCUT2D eigenvalue weighted by Gasteiger charge is 2.27. The lowest BCUT2D eigenvalue weighted by Crippen LogP contribution is -2.42. The first-order valence-corrected chi connectivity index (χ1v) is 8.80. The molecule has 0 atom stereocenters. The molecular weight excluding hydrogens is 326 g/mol. The summed E-state index contributed by atoms with van der Waals surface area (Å²) in [5.74, 6) is 1.52. The molecule has 3 rings (SSSR count). The van der Waals surface area contributed by atoms with Crippen LogP contribution in [0.15, 0.2) is 18.2 Å². The molecule has 1 saturated heterocycles. The van der Waals surface area contributed by atoms with E-state index in [1.54, 1.807) is 4.90 Å². The van der Waals surface area contributed by atoms with Crippen molar-refractivity contribution in [3.05, 3.63) is 29.0 Å². The summed E-state index contributed by atoms with van der Waals surface area (Å²) in [6.07, 6.45) is 2.63. The van der Waals surface area contributed by atoms with E-state index < -0.39 is 5.60 Å². The number of carbonyl (C=O) groups is 1. The second kappa shape index (κ2) is 6.63. The molecule has 2 aromatic rings. The molecule has 1 amide bonds. The molecule has 2 heterocycles. The van der Waals surface area contributed by atoms with Crippen LogP contribution in [0, 0.1) is 5.92 Å². The number of likely N-dealkylation sites (tertiary alicyclic amines) is 1. The quantitative estimate of drug-likeness (QED) is 0.873. The fourth-order valence-corrected chi connectivity index (χ4v) is 3.22. The number of aromatic nitrogens is 2. The lowest BCUT2D eigenvalue weighted by Gasteiger charge is -2.33. The number of aromatic amines is 1. The molecule has 1 fully saturated rings. The van der Waals surface area contributed by atoms with Crippen LogP contribution >= 0.6 is 11.6 Å². The summed E-state index contributed by atoms with van der Waals surface area (Å²) >= 11 is 6.01. The Bertz CT molecular complexity index is 727. The Kier molecular flexibility index (Phi) is 4.72. The van der Waals surface area contributed by atoms with Crippen molar-refractivity contribution in [2.45, 2.75) is 45.6 Å². The maximum atomic E-state index is 12.1. The van der Waals surface area contributed by atoms with E-state index in [1.165, 1.54) is 0 Å². The second-order valence-corrected chi connectivity index (χ2v) is 7.90. The van der Waals surface area contributed by atoms with Crippen molar-refractivity contribution < 1.29 is 9.53 Å². The summed E-state index contributed by atoms with van der Waals surface area (Å²) < 4.78 is 5.44. The normalized spacial score (nSPS) is 16.6. The van der Waals surface area contributed by atoms with Gasteiger partial charge in [-0.25, -0.2) is 9.78 Å². The molecule has 0 saturated carbocycles. The van der Waals surface area contributed by atoms with Crippen molar-refractivity contribution in [1.82, 2.24) is 14.9 Å². The predicted octanol–water partition coefficient (Wildman–Crippen LogP) is 4.41. The topological polar surface area (TPSA) is 58.2 Å². The minimum Gasteiger partial charge on any atom is -0.444 e. The van der Waals surface area contributed by atoms with E-state index in [-0.39, 0.29) is 6.09 Å². The molecule has 1 aromatic carbocycles. The van der Waals surface area contributed by atoms with Crippen molar-refractivity contribution in [1.29, 1.82) is 0 Å². The zero-order valence-electron chi connectivity index (χ0n) is 14.4. The number of rotatable bonds is 2. The summed E-state index contributed by atoms with van der Waals surface area (Å²) in [7, 11) is 0. The predicted molar refractivity (Wildman–Crippen MR) is 95.3 cm³/mol. The molecule has 0 bridgehead atoms. The van der Waals surface area contributed by atoms with Crippen molar-refractivity contribution in [3.8, 4) is 0 Å². The number of halogens is 1. The molecule has 6 heteroatoms. The number of imidazole rings is 1. The third-order valence-electron chi connectivity index (χ3n) is 4.24. The number of hydrogen-bond donors (Lipinski definition) is 1. The SMILES string of the molecule is CC(C)(C)OC(=O)N1CCC(Cc2nc3ccc(Cl)cc3[nH]2)CC1. The molecule has 5 nitrogen and oxygen atoms in total. The number of amides is 1. The van der Waals surface area contributed by atoms with Crippen LogP contribution in [0.5, 0.6) is 0 Å². The minimum absolute atomic E-state index is 0.209. The number of benzene rings is 1. The number of carbonyl (C=O) groups excluding carboxylic acids is 1. The molecule has 130 valence electrons. The van der Waals surface area contributed by atoms with E-state index in [1.807, 2.05) is 39.0 Å². The highest BCUT2D eigenvalue weighted by molar-refractivity contribution is 6.31. The maximum absolute atomic E-state index is 12.1. The second-order valence-electron chi connectivity index (χ2n) is 7.46. The van der Waals surface area contributed by atoms with Crippen LogP contribution in [-0.4, -0.2) is 39.7 Å². The number of hydrogen-bond acceptors (Lipinski definition) is 3. The van der Waals surface area contributed by atoms with E-state index in [4.69, 9.17) is 16.3 Å². The van der Waals surface area contributed by atoms with Crippen LogP contribution in [0.2, 0.25) is 5.02 Å². The van der Waals surface area contributed by atoms with Crippen LogP contribution in [0.3, 0.4) is 0 Å². The van der Waals surface area contributed by atoms with E-state index in [2.05, 4.69) is 9.97 Å². The smallest absolute Gasteiger partial charge is 0.410 e. The average Bonchev–Trinajstić information content (AvgIpc) is 2.87. The van der Waals surface area contributed by atoms with Gasteiger partial charge in [0.15, 0.2) is 0 Å². The highest BCUT2D eigenvalue weighted by atomic mass is 35.5. The number of nitrogens with one attached hydrogen (secondary N) is 1. The Balaban J connectivity index is 1.55. The molecule has 0 unspecified atom stereocenters. The van der Waals surface area contributed by atoms with Crippen LogP contribution in [-0.2, 0) is 11.2 Å². The molecule has 0 radical (unpaired) electrons. The summed E-state index contributed by atoms with van der Waals surface area (Å²) in [6, 6.07) is 5.69. The maximum Gasteiger partial charge on any atom is 0.410 e. The fourth-order valence-electron chi connectivity index (χ4n) is 3.05. The number of H-pyrrole nitrogens is 1. The first-order chi connectivity index (χ1) is 11.3. The monoisotopic (exact) mass is 349 g/mol. The van der Waals surface area contributed by atoms with E-state index in [0.717, 1.165) is 49.2 Å². The van der Waals surface area contributed by atoms with Gasteiger partial charge in [-0.2, -0.15) is 0 Å². The fraction of sp³-hybridized carbons (Fsp3) is 0.556. The van der Waals surface area contributed by atoms with Crippen molar-refractivity contribution in [3.63, 3.8) is 0 Å². The molecule has 24 heavy (non-hydrogen) atoms. The molecule has 1 aromatic heterocycles. The standard InChI is InChI=1S/C18H24ClN3O2/c1-18(2,3)24-17(23)22-8-6-12(7-9-22)10-16-20-14-5-4-13(19)11-15(14)21-16/h4-5,11-12H,6-10H2,1-3H3,(H,20,21). The van der Waals surface area contributed by atoms with Crippen LogP contribution < -0.4 is 0 Å². The zero-order chi connectivity index (χ0) is 17.3. The van der Waals surface area contributed by atoms with Crippen LogP contribution in [0.1, 0.15) is 39.4 Å². The average molecular weight is 350 g/mol. The first-order valence-electron chi connectivity index (χ1n) is 8.42. The van der Waals surface area contributed by atoms with Gasteiger partial charge in [-0.1, -0.05) is 11.6 Å². The Labute approximate surface area is 147 Å². The Morgan fingerprint density at radius 3 is 2.75 bits per heavy atom. The lowest BCUT2D eigenvalue weighted by atomic mass is 9.93. The van der Waals surface area contributed by atoms with Gasteiger partial charge in [-0.3, -0.25) is 0 Å². The van der Waals surface area contributed by atoms with Gasteiger partial charge in [0, 0.05) is 24.5 Å². The minimum atomic E-state index is -0.441. The van der Waals surface area contributed by atoms with Gasteiger partial charge >= 0.3 is 6.09 Å². The molecular formula is C18H24ClN3O2. The Morgan fingerprint density at radius 2 is 2.08 bits per heavy atom. The molecule has 1 aliphatic heterocycles. The summed E-state index contributed by atoms with van der Waals surface area (Å²) in [5, 5.41) is 0.711. The largest absolute Gasteiger partial charge is 0.444 e. The highest BCUT2D eigenvalue weighted by Crippen LogP contribution is 2.24. The van der Waals surface area contributed by atoms with Crippen molar-refractivity contribution in [2.75, 3.05) is 13.1 Å².